The minimum Gasteiger partial charge on any atom is -0.497 e. The molecule has 8 nitrogen and oxygen atoms in total. The first kappa shape index (κ1) is 20.1. The van der Waals surface area contributed by atoms with Gasteiger partial charge in [-0.15, -0.1) is 0 Å². The number of rotatable bonds is 8. The van der Waals surface area contributed by atoms with Crippen LogP contribution < -0.4 is 24.3 Å². The highest BCUT2D eigenvalue weighted by molar-refractivity contribution is 5.93. The van der Waals surface area contributed by atoms with Gasteiger partial charge < -0.3 is 24.3 Å². The van der Waals surface area contributed by atoms with E-state index >= 15 is 0 Å². The summed E-state index contributed by atoms with van der Waals surface area (Å²) in [5.74, 6) is 2.31. The zero-order chi connectivity index (χ0) is 20.8. The van der Waals surface area contributed by atoms with Crippen LogP contribution in [0.3, 0.4) is 0 Å². The Labute approximate surface area is 168 Å². The highest BCUT2D eigenvalue weighted by Crippen LogP contribution is 2.32. The lowest BCUT2D eigenvalue weighted by Gasteiger charge is -2.11. The number of hydrogen-bond acceptors (Lipinski definition) is 6. The fourth-order valence-corrected chi connectivity index (χ4v) is 2.85. The summed E-state index contributed by atoms with van der Waals surface area (Å²) in [7, 11) is 6.32. The number of nitrogens with zero attached hydrogens (tertiary/aromatic N) is 1. The number of H-pyrrole nitrogens is 1. The molecule has 0 saturated heterocycles. The van der Waals surface area contributed by atoms with Crippen molar-refractivity contribution in [2.24, 2.45) is 0 Å². The van der Waals surface area contributed by atoms with Crippen LogP contribution in [0.15, 0.2) is 42.5 Å². The van der Waals surface area contributed by atoms with Crippen LogP contribution in [-0.4, -0.2) is 44.5 Å². The van der Waals surface area contributed by atoms with E-state index < -0.39 is 0 Å². The van der Waals surface area contributed by atoms with Crippen molar-refractivity contribution in [3.63, 3.8) is 0 Å². The van der Waals surface area contributed by atoms with Gasteiger partial charge >= 0.3 is 0 Å². The molecular weight excluding hydrogens is 374 g/mol. The first-order valence-electron chi connectivity index (χ1n) is 8.86. The van der Waals surface area contributed by atoms with Crippen LogP contribution >= 0.6 is 0 Å². The molecular formula is C21H23N3O5. The van der Waals surface area contributed by atoms with E-state index in [0.29, 0.717) is 40.9 Å². The van der Waals surface area contributed by atoms with Crippen molar-refractivity contribution in [3.05, 3.63) is 53.7 Å². The summed E-state index contributed by atoms with van der Waals surface area (Å²) < 4.78 is 21.2. The Bertz CT molecular complexity index is 1000. The summed E-state index contributed by atoms with van der Waals surface area (Å²) in [6, 6.07) is 12.5. The molecule has 0 atom stereocenters. The lowest BCUT2D eigenvalue weighted by molar-refractivity contribution is 0.0945. The second-order valence-electron chi connectivity index (χ2n) is 6.09. The SMILES string of the molecule is COc1ccc(CNC(=O)c2cc(-c3ccc(OC)cc3OC)n[nH]2)c(OC)c1. The lowest BCUT2D eigenvalue weighted by Crippen LogP contribution is -2.23. The van der Waals surface area contributed by atoms with Crippen LogP contribution in [0.1, 0.15) is 16.1 Å². The van der Waals surface area contributed by atoms with Crippen LogP contribution in [0.4, 0.5) is 0 Å². The average Bonchev–Trinajstić information content (AvgIpc) is 3.26. The molecule has 0 bridgehead atoms. The third-order valence-electron chi connectivity index (χ3n) is 4.44. The van der Waals surface area contributed by atoms with Gasteiger partial charge in [0.1, 0.15) is 28.7 Å². The molecule has 0 aliphatic heterocycles. The summed E-state index contributed by atoms with van der Waals surface area (Å²) in [6.45, 7) is 0.298. The number of nitrogens with one attached hydrogen (secondary N) is 2. The molecule has 0 unspecified atom stereocenters. The highest BCUT2D eigenvalue weighted by Gasteiger charge is 2.15. The van der Waals surface area contributed by atoms with Crippen LogP contribution in [0.25, 0.3) is 11.3 Å². The fraction of sp³-hybridized carbons (Fsp3) is 0.238. The second-order valence-corrected chi connectivity index (χ2v) is 6.09. The van der Waals surface area contributed by atoms with Crippen molar-refractivity contribution in [1.29, 1.82) is 0 Å². The molecule has 1 heterocycles. The van der Waals surface area contributed by atoms with E-state index in [2.05, 4.69) is 15.5 Å². The molecule has 0 fully saturated rings. The summed E-state index contributed by atoms with van der Waals surface area (Å²) in [4.78, 5) is 12.5. The van der Waals surface area contributed by atoms with Crippen LogP contribution in [0.2, 0.25) is 0 Å². The van der Waals surface area contributed by atoms with Gasteiger partial charge in [0.25, 0.3) is 5.91 Å². The molecule has 8 heteroatoms. The zero-order valence-electron chi connectivity index (χ0n) is 16.7. The van der Waals surface area contributed by atoms with Crippen molar-refractivity contribution in [1.82, 2.24) is 15.5 Å². The predicted octanol–water partition coefficient (Wildman–Crippen LogP) is 3.04. The van der Waals surface area contributed by atoms with E-state index in [1.165, 1.54) is 0 Å². The Morgan fingerprint density at radius 2 is 1.55 bits per heavy atom. The fourth-order valence-electron chi connectivity index (χ4n) is 2.85. The van der Waals surface area contributed by atoms with Gasteiger partial charge in [0.15, 0.2) is 0 Å². The Balaban J connectivity index is 1.73. The summed E-state index contributed by atoms with van der Waals surface area (Å²) in [5, 5.41) is 9.86. The van der Waals surface area contributed by atoms with E-state index in [1.54, 1.807) is 46.6 Å². The third-order valence-corrected chi connectivity index (χ3v) is 4.44. The summed E-state index contributed by atoms with van der Waals surface area (Å²) in [6.07, 6.45) is 0. The Morgan fingerprint density at radius 1 is 0.897 bits per heavy atom. The molecule has 1 aromatic heterocycles. The smallest absolute Gasteiger partial charge is 0.269 e. The van der Waals surface area contributed by atoms with E-state index in [1.807, 2.05) is 24.3 Å². The van der Waals surface area contributed by atoms with Crippen LogP contribution in [0.5, 0.6) is 23.0 Å². The van der Waals surface area contributed by atoms with Crippen molar-refractivity contribution < 1.29 is 23.7 Å². The minimum absolute atomic E-state index is 0.283. The quantitative estimate of drug-likeness (QED) is 0.607. The Morgan fingerprint density at radius 3 is 2.21 bits per heavy atom. The highest BCUT2D eigenvalue weighted by atomic mass is 16.5. The van der Waals surface area contributed by atoms with Crippen LogP contribution in [-0.2, 0) is 6.54 Å². The number of aromatic amines is 1. The van der Waals surface area contributed by atoms with Crippen molar-refractivity contribution >= 4 is 5.91 Å². The monoisotopic (exact) mass is 397 g/mol. The van der Waals surface area contributed by atoms with Gasteiger partial charge in [-0.25, -0.2) is 0 Å². The number of methoxy groups -OCH3 is 4. The van der Waals surface area contributed by atoms with E-state index in [0.717, 1.165) is 11.1 Å². The molecule has 0 radical (unpaired) electrons. The van der Waals surface area contributed by atoms with E-state index in [4.69, 9.17) is 18.9 Å². The van der Waals surface area contributed by atoms with E-state index in [9.17, 15) is 4.79 Å². The maximum Gasteiger partial charge on any atom is 0.269 e. The maximum absolute atomic E-state index is 12.5. The van der Waals surface area contributed by atoms with Gasteiger partial charge in [-0.3, -0.25) is 9.89 Å². The first-order chi connectivity index (χ1) is 14.1. The third kappa shape index (κ3) is 4.43. The van der Waals surface area contributed by atoms with Gasteiger partial charge in [-0.05, 0) is 30.3 Å². The molecule has 0 aliphatic carbocycles. The molecule has 0 spiro atoms. The Hall–Kier alpha value is -3.68. The number of carbonyl (C=O) groups is 1. The molecule has 152 valence electrons. The normalized spacial score (nSPS) is 10.3. The Kier molecular flexibility index (Phi) is 6.23. The molecule has 2 aromatic carbocycles. The standard InChI is InChI=1S/C21H23N3O5/c1-26-14-6-5-13(19(9-14)28-3)12-22-21(25)18-11-17(23-24-18)16-8-7-15(27-2)10-20(16)29-4/h5-11H,12H2,1-4H3,(H,22,25)(H,23,24). The summed E-state index contributed by atoms with van der Waals surface area (Å²) >= 11 is 0. The average molecular weight is 397 g/mol. The number of amides is 1. The molecule has 0 saturated carbocycles. The van der Waals surface area contributed by atoms with Gasteiger partial charge in [-0.1, -0.05) is 0 Å². The van der Waals surface area contributed by atoms with Gasteiger partial charge in [0.05, 0.1) is 34.1 Å². The molecule has 1 amide bonds. The van der Waals surface area contributed by atoms with Gasteiger partial charge in [0, 0.05) is 29.8 Å². The van der Waals surface area contributed by atoms with Crippen molar-refractivity contribution in [3.8, 4) is 34.3 Å². The number of hydrogen-bond donors (Lipinski definition) is 2. The van der Waals surface area contributed by atoms with Gasteiger partial charge in [-0.2, -0.15) is 5.10 Å². The topological polar surface area (TPSA) is 94.7 Å². The first-order valence-corrected chi connectivity index (χ1v) is 8.86. The molecule has 0 aliphatic rings. The molecule has 2 N–H and O–H groups in total. The molecule has 3 aromatic rings. The van der Waals surface area contributed by atoms with Crippen molar-refractivity contribution in [2.45, 2.75) is 6.54 Å². The van der Waals surface area contributed by atoms with E-state index in [-0.39, 0.29) is 5.91 Å². The zero-order valence-corrected chi connectivity index (χ0v) is 16.7. The van der Waals surface area contributed by atoms with Gasteiger partial charge in [0.2, 0.25) is 0 Å². The minimum atomic E-state index is -0.283. The summed E-state index contributed by atoms with van der Waals surface area (Å²) in [5.41, 5.74) is 2.51. The largest absolute Gasteiger partial charge is 0.497 e. The number of carbonyl (C=O) groups excluding carboxylic acids is 1. The van der Waals surface area contributed by atoms with Crippen molar-refractivity contribution in [2.75, 3.05) is 28.4 Å². The number of ether oxygens (including phenoxy) is 4. The lowest BCUT2D eigenvalue weighted by atomic mass is 10.1. The molecule has 3 rings (SSSR count). The van der Waals surface area contributed by atoms with Crippen LogP contribution in [0, 0.1) is 0 Å². The molecule has 29 heavy (non-hydrogen) atoms. The number of aromatic nitrogens is 2. The second kappa shape index (κ2) is 9.01. The maximum atomic E-state index is 12.5. The predicted molar refractivity (Wildman–Crippen MR) is 108 cm³/mol. The number of benzene rings is 2.